The summed E-state index contributed by atoms with van der Waals surface area (Å²) in [5, 5.41) is 2.60. The summed E-state index contributed by atoms with van der Waals surface area (Å²) in [4.78, 5) is 36.0. The highest BCUT2D eigenvalue weighted by atomic mass is 16.6. The zero-order valence-corrected chi connectivity index (χ0v) is 18.3. The first-order chi connectivity index (χ1) is 13.7. The fraction of sp³-hybridized carbons (Fsp3) is 0.842. The number of rotatable bonds is 15. The van der Waals surface area contributed by atoms with E-state index in [0.29, 0.717) is 52.6 Å². The molecule has 0 aromatic rings. The van der Waals surface area contributed by atoms with Crippen LogP contribution in [0.5, 0.6) is 0 Å². The molecule has 0 spiro atoms. The standard InChI is InChI=1S/C19H36N2O8/c1-19(2,3)29-18(24)20-8-12-27-14-15-28-13-11-21(9-6-16(22)25-4)10-7-17(23)26-5/h6-15H2,1-5H3,(H,20,24). The molecule has 0 unspecified atom stereocenters. The maximum atomic E-state index is 11.4. The van der Waals surface area contributed by atoms with Gasteiger partial charge in [-0.25, -0.2) is 4.79 Å². The van der Waals surface area contributed by atoms with Crippen LogP contribution in [-0.4, -0.2) is 95.4 Å². The number of amides is 1. The second-order valence-corrected chi connectivity index (χ2v) is 7.15. The van der Waals surface area contributed by atoms with E-state index in [9.17, 15) is 14.4 Å². The Bertz CT molecular complexity index is 459. The number of hydrogen-bond acceptors (Lipinski definition) is 9. The number of hydrogen-bond donors (Lipinski definition) is 1. The molecule has 0 saturated heterocycles. The van der Waals surface area contributed by atoms with Gasteiger partial charge in [-0.15, -0.1) is 0 Å². The highest BCUT2D eigenvalue weighted by Gasteiger charge is 2.15. The van der Waals surface area contributed by atoms with Crippen LogP contribution in [0.25, 0.3) is 0 Å². The lowest BCUT2D eigenvalue weighted by atomic mass is 10.2. The monoisotopic (exact) mass is 420 g/mol. The molecule has 0 fully saturated rings. The third-order valence-corrected chi connectivity index (χ3v) is 3.56. The number of ether oxygens (including phenoxy) is 5. The van der Waals surface area contributed by atoms with Crippen molar-refractivity contribution in [3.63, 3.8) is 0 Å². The van der Waals surface area contributed by atoms with Gasteiger partial charge >= 0.3 is 18.0 Å². The van der Waals surface area contributed by atoms with Gasteiger partial charge in [0.2, 0.25) is 0 Å². The predicted molar refractivity (Wildman–Crippen MR) is 106 cm³/mol. The van der Waals surface area contributed by atoms with Gasteiger partial charge in [0.15, 0.2) is 0 Å². The van der Waals surface area contributed by atoms with E-state index in [1.165, 1.54) is 14.2 Å². The lowest BCUT2D eigenvalue weighted by Crippen LogP contribution is -2.34. The van der Waals surface area contributed by atoms with Crippen molar-refractivity contribution in [3.05, 3.63) is 0 Å². The van der Waals surface area contributed by atoms with E-state index in [4.69, 9.17) is 14.2 Å². The van der Waals surface area contributed by atoms with E-state index >= 15 is 0 Å². The normalized spacial score (nSPS) is 11.2. The number of carbonyl (C=O) groups is 3. The zero-order valence-electron chi connectivity index (χ0n) is 18.3. The van der Waals surface area contributed by atoms with E-state index in [1.54, 1.807) is 20.8 Å². The molecule has 1 N–H and O–H groups in total. The smallest absolute Gasteiger partial charge is 0.407 e. The molecule has 0 aromatic heterocycles. The Hall–Kier alpha value is -1.91. The Labute approximate surface area is 173 Å². The first-order valence-electron chi connectivity index (χ1n) is 9.66. The summed E-state index contributed by atoms with van der Waals surface area (Å²) in [7, 11) is 2.68. The molecule has 29 heavy (non-hydrogen) atoms. The summed E-state index contributed by atoms with van der Waals surface area (Å²) in [6.07, 6.45) is 0.00740. The molecule has 1 amide bonds. The summed E-state index contributed by atoms with van der Waals surface area (Å²) < 4.78 is 25.3. The topological polar surface area (TPSA) is 113 Å². The average molecular weight is 421 g/mol. The lowest BCUT2D eigenvalue weighted by molar-refractivity contribution is -0.141. The van der Waals surface area contributed by atoms with Crippen molar-refractivity contribution in [2.45, 2.75) is 39.2 Å². The van der Waals surface area contributed by atoms with E-state index in [1.807, 2.05) is 4.90 Å². The van der Waals surface area contributed by atoms with Gasteiger partial charge in [-0.3, -0.25) is 14.5 Å². The second-order valence-electron chi connectivity index (χ2n) is 7.15. The van der Waals surface area contributed by atoms with Gasteiger partial charge in [-0.05, 0) is 20.8 Å². The molecule has 10 heteroatoms. The van der Waals surface area contributed by atoms with Crippen LogP contribution in [-0.2, 0) is 33.3 Å². The molecule has 0 aliphatic rings. The van der Waals surface area contributed by atoms with Crippen molar-refractivity contribution in [2.75, 3.05) is 66.8 Å². The molecule has 0 heterocycles. The van der Waals surface area contributed by atoms with Crippen molar-refractivity contribution in [1.82, 2.24) is 10.2 Å². The maximum Gasteiger partial charge on any atom is 0.407 e. The van der Waals surface area contributed by atoms with E-state index in [-0.39, 0.29) is 24.8 Å². The highest BCUT2D eigenvalue weighted by molar-refractivity contribution is 5.70. The fourth-order valence-corrected chi connectivity index (χ4v) is 2.09. The Kier molecular flexibility index (Phi) is 14.9. The van der Waals surface area contributed by atoms with Crippen molar-refractivity contribution in [2.24, 2.45) is 0 Å². The van der Waals surface area contributed by atoms with Crippen LogP contribution in [0, 0.1) is 0 Å². The molecule has 0 saturated carbocycles. The number of nitrogens with zero attached hydrogens (tertiary/aromatic N) is 1. The van der Waals surface area contributed by atoms with Gasteiger partial charge in [0, 0.05) is 26.2 Å². The molecule has 0 aliphatic heterocycles. The Morgan fingerprint density at radius 3 is 1.79 bits per heavy atom. The van der Waals surface area contributed by atoms with Crippen molar-refractivity contribution < 1.29 is 38.1 Å². The number of alkyl carbamates (subject to hydrolysis) is 1. The molecule has 170 valence electrons. The van der Waals surface area contributed by atoms with Crippen molar-refractivity contribution in [3.8, 4) is 0 Å². The van der Waals surface area contributed by atoms with E-state index < -0.39 is 11.7 Å². The molecule has 0 aromatic carbocycles. The van der Waals surface area contributed by atoms with Crippen molar-refractivity contribution >= 4 is 18.0 Å². The van der Waals surface area contributed by atoms with E-state index in [0.717, 1.165) is 0 Å². The number of nitrogens with one attached hydrogen (secondary N) is 1. The summed E-state index contributed by atoms with van der Waals surface area (Å²) >= 11 is 0. The number of carbonyl (C=O) groups excluding carboxylic acids is 3. The van der Waals surface area contributed by atoms with Gasteiger partial charge in [0.1, 0.15) is 5.60 Å². The van der Waals surface area contributed by atoms with Gasteiger partial charge in [-0.1, -0.05) is 0 Å². The Morgan fingerprint density at radius 1 is 0.793 bits per heavy atom. The largest absolute Gasteiger partial charge is 0.469 e. The second kappa shape index (κ2) is 15.9. The van der Waals surface area contributed by atoms with Crippen LogP contribution in [0.4, 0.5) is 4.79 Å². The van der Waals surface area contributed by atoms with Crippen LogP contribution >= 0.6 is 0 Å². The summed E-state index contributed by atoms with van der Waals surface area (Å²) in [5.74, 6) is -0.607. The first kappa shape index (κ1) is 27.1. The first-order valence-corrected chi connectivity index (χ1v) is 9.66. The maximum absolute atomic E-state index is 11.4. The van der Waals surface area contributed by atoms with Crippen LogP contribution in [0.1, 0.15) is 33.6 Å². The number of esters is 2. The molecule has 0 radical (unpaired) electrons. The highest BCUT2D eigenvalue weighted by Crippen LogP contribution is 2.06. The minimum Gasteiger partial charge on any atom is -0.469 e. The van der Waals surface area contributed by atoms with Gasteiger partial charge in [0.05, 0.1) is 53.5 Å². The van der Waals surface area contributed by atoms with Crippen LogP contribution < -0.4 is 5.32 Å². The molecule has 0 aliphatic carbocycles. The number of methoxy groups -OCH3 is 2. The summed E-state index contributed by atoms with van der Waals surface area (Å²) in [5.41, 5.74) is -0.527. The van der Waals surface area contributed by atoms with Gasteiger partial charge < -0.3 is 29.0 Å². The minimum atomic E-state index is -0.527. The van der Waals surface area contributed by atoms with Crippen LogP contribution in [0.2, 0.25) is 0 Å². The minimum absolute atomic E-state index is 0.241. The molecule has 10 nitrogen and oxygen atoms in total. The van der Waals surface area contributed by atoms with Crippen LogP contribution in [0.15, 0.2) is 0 Å². The predicted octanol–water partition coefficient (Wildman–Crippen LogP) is 0.973. The van der Waals surface area contributed by atoms with Crippen LogP contribution in [0.3, 0.4) is 0 Å². The quantitative estimate of drug-likeness (QED) is 0.235. The Balaban J connectivity index is 3.83. The van der Waals surface area contributed by atoms with Gasteiger partial charge in [-0.2, -0.15) is 0 Å². The van der Waals surface area contributed by atoms with Crippen molar-refractivity contribution in [1.29, 1.82) is 0 Å². The fourth-order valence-electron chi connectivity index (χ4n) is 2.09. The van der Waals surface area contributed by atoms with Gasteiger partial charge in [0.25, 0.3) is 0 Å². The average Bonchev–Trinajstić information content (AvgIpc) is 2.65. The summed E-state index contributed by atoms with van der Waals surface area (Å²) in [6.45, 7) is 8.83. The van der Waals surface area contributed by atoms with E-state index in [2.05, 4.69) is 14.8 Å². The molecule has 0 rings (SSSR count). The third-order valence-electron chi connectivity index (χ3n) is 3.56. The lowest BCUT2D eigenvalue weighted by Gasteiger charge is -2.21. The SMILES string of the molecule is COC(=O)CCN(CCOCCOCCNC(=O)OC(C)(C)C)CCC(=O)OC. The molecular weight excluding hydrogens is 384 g/mol. The Morgan fingerprint density at radius 2 is 1.31 bits per heavy atom. The third kappa shape index (κ3) is 17.9. The summed E-state index contributed by atoms with van der Waals surface area (Å²) in [6, 6.07) is 0. The molecule has 0 bridgehead atoms. The molecule has 0 atom stereocenters. The zero-order chi connectivity index (χ0) is 22.1. The molecular formula is C19H36N2O8.